The summed E-state index contributed by atoms with van der Waals surface area (Å²) in [7, 11) is 0. The first-order valence-electron chi connectivity index (χ1n) is 7.40. The topological polar surface area (TPSA) is 39.9 Å². The number of halogens is 3. The van der Waals surface area contributed by atoms with Crippen molar-refractivity contribution < 1.29 is 17.9 Å². The lowest BCUT2D eigenvalue weighted by atomic mass is 9.92. The summed E-state index contributed by atoms with van der Waals surface area (Å²) in [5.74, 6) is -0.259. The van der Waals surface area contributed by atoms with Crippen molar-refractivity contribution in [3.8, 4) is 22.7 Å². The zero-order valence-electron chi connectivity index (χ0n) is 12.4. The van der Waals surface area contributed by atoms with E-state index in [0.29, 0.717) is 5.69 Å². The number of aryl methyl sites for hydroxylation is 1. The molecule has 0 unspecified atom stereocenters. The van der Waals surface area contributed by atoms with Gasteiger partial charge in [-0.25, -0.2) is 4.68 Å². The summed E-state index contributed by atoms with van der Waals surface area (Å²) in [6, 6.07) is 13.6. The predicted octanol–water partition coefficient (Wildman–Crippen LogP) is 3.93. The van der Waals surface area contributed by atoms with Gasteiger partial charge >= 0.3 is 6.36 Å². The van der Waals surface area contributed by atoms with Gasteiger partial charge in [0.1, 0.15) is 11.4 Å². The Hall–Kier alpha value is -2.83. The van der Waals surface area contributed by atoms with Gasteiger partial charge < -0.3 is 4.74 Å². The van der Waals surface area contributed by atoms with Crippen LogP contribution in [0.1, 0.15) is 11.3 Å². The highest BCUT2D eigenvalue weighted by Crippen LogP contribution is 2.33. The Morgan fingerprint density at radius 3 is 2.46 bits per heavy atom. The fourth-order valence-electron chi connectivity index (χ4n) is 2.95. The van der Waals surface area contributed by atoms with Crippen molar-refractivity contribution in [2.24, 2.45) is 0 Å². The van der Waals surface area contributed by atoms with E-state index < -0.39 is 6.36 Å². The van der Waals surface area contributed by atoms with Crippen LogP contribution in [0.25, 0.3) is 16.9 Å². The molecule has 0 N–H and O–H groups in total. The molecule has 1 heterocycles. The minimum atomic E-state index is -4.70. The minimum Gasteiger partial charge on any atom is -0.406 e. The molecule has 1 aliphatic carbocycles. The van der Waals surface area contributed by atoms with Gasteiger partial charge in [-0.05, 0) is 42.7 Å². The lowest BCUT2D eigenvalue weighted by Crippen LogP contribution is -2.17. The van der Waals surface area contributed by atoms with Crippen molar-refractivity contribution in [3.63, 3.8) is 0 Å². The lowest BCUT2D eigenvalue weighted by molar-refractivity contribution is -0.274. The molecule has 1 aromatic heterocycles. The maximum absolute atomic E-state index is 12.2. The molecule has 0 spiro atoms. The summed E-state index contributed by atoms with van der Waals surface area (Å²) in [5.41, 5.74) is 4.72. The van der Waals surface area contributed by atoms with Gasteiger partial charge in [-0.15, -0.1) is 18.3 Å². The molecule has 0 fully saturated rings. The summed E-state index contributed by atoms with van der Waals surface area (Å²) in [6.07, 6.45) is -3.04. The molecule has 1 aliphatic rings. The summed E-state index contributed by atoms with van der Waals surface area (Å²) in [5, 5.41) is 8.43. The SMILES string of the molecule is FC(F)(F)Oc1ccc(-n2nnc3c2CCc2ccccc2-3)cc1. The molecule has 24 heavy (non-hydrogen) atoms. The second-order valence-electron chi connectivity index (χ2n) is 5.50. The number of hydrogen-bond donors (Lipinski definition) is 0. The minimum absolute atomic E-state index is 0.259. The van der Waals surface area contributed by atoms with Gasteiger partial charge in [-0.3, -0.25) is 0 Å². The average molecular weight is 331 g/mol. The number of fused-ring (bicyclic) bond motifs is 3. The van der Waals surface area contributed by atoms with E-state index in [4.69, 9.17) is 0 Å². The van der Waals surface area contributed by atoms with Crippen LogP contribution >= 0.6 is 0 Å². The lowest BCUT2D eigenvalue weighted by Gasteiger charge is -2.16. The molecule has 7 heteroatoms. The summed E-state index contributed by atoms with van der Waals surface area (Å²) < 4.78 is 42.3. The van der Waals surface area contributed by atoms with Gasteiger partial charge in [-0.2, -0.15) is 0 Å². The van der Waals surface area contributed by atoms with Crippen molar-refractivity contribution in [1.82, 2.24) is 15.0 Å². The van der Waals surface area contributed by atoms with Crippen molar-refractivity contribution in [3.05, 3.63) is 59.8 Å². The molecule has 2 aromatic carbocycles. The van der Waals surface area contributed by atoms with E-state index in [0.717, 1.165) is 29.8 Å². The molecule has 0 amide bonds. The quantitative estimate of drug-likeness (QED) is 0.714. The van der Waals surface area contributed by atoms with Crippen LogP contribution in [0.2, 0.25) is 0 Å². The zero-order chi connectivity index (χ0) is 16.7. The molecule has 0 aliphatic heterocycles. The van der Waals surface area contributed by atoms with Crippen LogP contribution in [0.5, 0.6) is 5.75 Å². The van der Waals surface area contributed by atoms with Crippen LogP contribution in [0.3, 0.4) is 0 Å². The molecule has 4 nitrogen and oxygen atoms in total. The first-order valence-corrected chi connectivity index (χ1v) is 7.40. The molecule has 0 atom stereocenters. The largest absolute Gasteiger partial charge is 0.573 e. The third-order valence-corrected chi connectivity index (χ3v) is 3.98. The molecule has 4 rings (SSSR count). The van der Waals surface area contributed by atoms with Crippen molar-refractivity contribution in [1.29, 1.82) is 0 Å². The highest BCUT2D eigenvalue weighted by Gasteiger charge is 2.31. The third kappa shape index (κ3) is 2.62. The fourth-order valence-corrected chi connectivity index (χ4v) is 2.95. The van der Waals surface area contributed by atoms with Crippen LogP contribution in [0.15, 0.2) is 48.5 Å². The maximum atomic E-state index is 12.2. The van der Waals surface area contributed by atoms with Crippen LogP contribution in [-0.4, -0.2) is 21.4 Å². The van der Waals surface area contributed by atoms with Crippen LogP contribution in [-0.2, 0) is 12.8 Å². The molecule has 0 radical (unpaired) electrons. The number of benzene rings is 2. The number of alkyl halides is 3. The number of hydrogen-bond acceptors (Lipinski definition) is 3. The van der Waals surface area contributed by atoms with Crippen LogP contribution < -0.4 is 4.74 Å². The number of aromatic nitrogens is 3. The van der Waals surface area contributed by atoms with Crippen molar-refractivity contribution in [2.45, 2.75) is 19.2 Å². The monoisotopic (exact) mass is 331 g/mol. The molecular formula is C17H12F3N3O. The Balaban J connectivity index is 1.69. The second kappa shape index (κ2) is 5.36. The van der Waals surface area contributed by atoms with E-state index in [-0.39, 0.29) is 5.75 Å². The van der Waals surface area contributed by atoms with Gasteiger partial charge in [0.15, 0.2) is 0 Å². The molecule has 0 saturated carbocycles. The first kappa shape index (κ1) is 14.7. The van der Waals surface area contributed by atoms with Gasteiger partial charge in [0.2, 0.25) is 0 Å². The molecule has 0 saturated heterocycles. The van der Waals surface area contributed by atoms with Gasteiger partial charge in [0.05, 0.1) is 11.4 Å². The fraction of sp³-hybridized carbons (Fsp3) is 0.176. The zero-order valence-corrected chi connectivity index (χ0v) is 12.4. The third-order valence-electron chi connectivity index (χ3n) is 3.98. The van der Waals surface area contributed by atoms with Crippen molar-refractivity contribution in [2.75, 3.05) is 0 Å². The summed E-state index contributed by atoms with van der Waals surface area (Å²) in [6.45, 7) is 0. The van der Waals surface area contributed by atoms with E-state index in [1.165, 1.54) is 29.8 Å². The average Bonchev–Trinajstić information content (AvgIpc) is 2.98. The Bertz CT molecular complexity index is 885. The van der Waals surface area contributed by atoms with Gasteiger partial charge in [0.25, 0.3) is 0 Å². The molecule has 3 aromatic rings. The normalized spacial score (nSPS) is 13.3. The van der Waals surface area contributed by atoms with Gasteiger partial charge in [0, 0.05) is 5.56 Å². The summed E-state index contributed by atoms with van der Waals surface area (Å²) >= 11 is 0. The van der Waals surface area contributed by atoms with Crippen molar-refractivity contribution >= 4 is 0 Å². The van der Waals surface area contributed by atoms with Crippen LogP contribution in [0.4, 0.5) is 13.2 Å². The predicted molar refractivity (Wildman–Crippen MR) is 80.9 cm³/mol. The standard InChI is InChI=1S/C17H12F3N3O/c18-17(19,20)24-13-8-6-12(7-9-13)23-15-10-5-11-3-1-2-4-14(11)16(15)21-22-23/h1-4,6-9H,5,10H2. The van der Waals surface area contributed by atoms with E-state index >= 15 is 0 Å². The van der Waals surface area contributed by atoms with E-state index in [1.807, 2.05) is 18.2 Å². The molecule has 122 valence electrons. The van der Waals surface area contributed by atoms with E-state index in [2.05, 4.69) is 21.1 Å². The Morgan fingerprint density at radius 1 is 0.958 bits per heavy atom. The Kier molecular flexibility index (Phi) is 3.30. The number of nitrogens with zero attached hydrogens (tertiary/aromatic N) is 3. The Morgan fingerprint density at radius 2 is 1.71 bits per heavy atom. The van der Waals surface area contributed by atoms with Crippen LogP contribution in [0, 0.1) is 0 Å². The number of rotatable bonds is 2. The first-order chi connectivity index (χ1) is 11.5. The molecular weight excluding hydrogens is 319 g/mol. The van der Waals surface area contributed by atoms with Gasteiger partial charge in [-0.1, -0.05) is 29.5 Å². The maximum Gasteiger partial charge on any atom is 0.573 e. The second-order valence-corrected chi connectivity index (χ2v) is 5.50. The highest BCUT2D eigenvalue weighted by molar-refractivity contribution is 5.68. The Labute approximate surface area is 135 Å². The summed E-state index contributed by atoms with van der Waals surface area (Å²) in [4.78, 5) is 0. The smallest absolute Gasteiger partial charge is 0.406 e. The number of ether oxygens (including phenoxy) is 1. The molecule has 0 bridgehead atoms. The van der Waals surface area contributed by atoms with E-state index in [1.54, 1.807) is 4.68 Å². The highest BCUT2D eigenvalue weighted by atomic mass is 19.4. The van der Waals surface area contributed by atoms with E-state index in [9.17, 15) is 13.2 Å².